The minimum atomic E-state index is -4.47. The number of nitrogens with zero attached hydrogens (tertiary/aromatic N) is 2. The van der Waals surface area contributed by atoms with Gasteiger partial charge in [-0.3, -0.25) is 19.5 Å². The maximum atomic E-state index is 12.8. The third-order valence-corrected chi connectivity index (χ3v) is 7.99. The summed E-state index contributed by atoms with van der Waals surface area (Å²) in [5.41, 5.74) is 0.471. The number of aromatic nitrogens is 1. The van der Waals surface area contributed by atoms with Crippen LogP contribution in [0.25, 0.3) is 0 Å². The van der Waals surface area contributed by atoms with E-state index in [2.05, 4.69) is 27.3 Å². The lowest BCUT2D eigenvalue weighted by Crippen LogP contribution is -2.38. The summed E-state index contributed by atoms with van der Waals surface area (Å²) in [6.07, 6.45) is 2.15. The van der Waals surface area contributed by atoms with Crippen molar-refractivity contribution in [1.82, 2.24) is 9.88 Å². The predicted molar refractivity (Wildman–Crippen MR) is 126 cm³/mol. The zero-order chi connectivity index (χ0) is 24.6. The highest BCUT2D eigenvalue weighted by Gasteiger charge is 2.59. The number of amides is 1. The zero-order valence-electron chi connectivity index (χ0n) is 19.5. The molecule has 1 aromatic heterocycles. The molecule has 3 atom stereocenters. The third kappa shape index (κ3) is 5.42. The molecule has 2 aromatic rings. The maximum absolute atomic E-state index is 12.8. The second-order valence-electron chi connectivity index (χ2n) is 10.2. The van der Waals surface area contributed by atoms with Crippen molar-refractivity contribution in [2.24, 2.45) is 17.8 Å². The molecule has 2 heterocycles. The lowest BCUT2D eigenvalue weighted by Gasteiger charge is -2.35. The number of pyridine rings is 1. The summed E-state index contributed by atoms with van der Waals surface area (Å²) in [6, 6.07) is 11.2. The van der Waals surface area contributed by atoms with Crippen LogP contribution in [0.5, 0.6) is 0 Å². The highest BCUT2D eigenvalue weighted by atomic mass is 19.4. The van der Waals surface area contributed by atoms with Crippen LogP contribution in [0.4, 0.5) is 18.9 Å². The highest BCUT2D eigenvalue weighted by molar-refractivity contribution is 5.94. The Morgan fingerprint density at radius 3 is 2.37 bits per heavy atom. The number of ketones is 1. The van der Waals surface area contributed by atoms with E-state index < -0.39 is 17.6 Å². The molecular weight excluding hydrogens is 455 g/mol. The third-order valence-electron chi connectivity index (χ3n) is 7.99. The number of nitrogens with one attached hydrogen (secondary N) is 1. The molecule has 1 N–H and O–H groups in total. The lowest BCUT2D eigenvalue weighted by molar-refractivity contribution is -0.137. The molecule has 1 saturated heterocycles. The minimum absolute atomic E-state index is 0.00767. The predicted octanol–water partition coefficient (Wildman–Crippen LogP) is 5.29. The molecule has 0 bridgehead atoms. The van der Waals surface area contributed by atoms with Crippen molar-refractivity contribution in [3.63, 3.8) is 0 Å². The van der Waals surface area contributed by atoms with Gasteiger partial charge in [-0.15, -0.1) is 0 Å². The first-order chi connectivity index (χ1) is 16.8. The first kappa shape index (κ1) is 24.0. The Morgan fingerprint density at radius 2 is 1.71 bits per heavy atom. The van der Waals surface area contributed by atoms with Crippen LogP contribution < -0.4 is 5.32 Å². The largest absolute Gasteiger partial charge is 0.416 e. The van der Waals surface area contributed by atoms with Gasteiger partial charge >= 0.3 is 6.18 Å². The number of fused-ring (bicyclic) bond motifs is 1. The number of carbonyl (C=O) groups is 2. The van der Waals surface area contributed by atoms with E-state index in [1.165, 1.54) is 17.8 Å². The summed E-state index contributed by atoms with van der Waals surface area (Å²) < 4.78 is 38.5. The Kier molecular flexibility index (Phi) is 6.66. The molecule has 8 heteroatoms. The fourth-order valence-corrected chi connectivity index (χ4v) is 6.09. The van der Waals surface area contributed by atoms with Crippen molar-refractivity contribution < 1.29 is 22.8 Å². The van der Waals surface area contributed by atoms with E-state index >= 15 is 0 Å². The van der Waals surface area contributed by atoms with Crippen LogP contribution in [-0.2, 0) is 15.8 Å². The van der Waals surface area contributed by atoms with E-state index in [0.717, 1.165) is 50.9 Å². The van der Waals surface area contributed by atoms with Crippen molar-refractivity contribution in [1.29, 1.82) is 0 Å². The van der Waals surface area contributed by atoms with E-state index in [0.29, 0.717) is 23.8 Å². The summed E-state index contributed by atoms with van der Waals surface area (Å²) in [7, 11) is 0. The number of halogens is 3. The lowest BCUT2D eigenvalue weighted by atomic mass is 9.83. The van der Waals surface area contributed by atoms with Crippen LogP contribution in [0.15, 0.2) is 48.7 Å². The average Bonchev–Trinajstić information content (AvgIpc) is 3.36. The summed E-state index contributed by atoms with van der Waals surface area (Å²) in [4.78, 5) is 32.0. The standard InChI is InChI=1S/C27H30F3N3O2/c28-27(29,30)18-4-3-5-19(14-18)32-25(35)12-11-24(34)26-21-15-33(16-22(21)26)20-9-7-17(8-10-20)23-6-1-2-13-31-23/h1-6,13-14,17,20-22,26H,7-12,15-16H2,(H,32,35)/t17?,20?,21-,22+,26?. The topological polar surface area (TPSA) is 62.3 Å². The summed E-state index contributed by atoms with van der Waals surface area (Å²) in [5.74, 6) is 1.04. The second-order valence-corrected chi connectivity index (χ2v) is 10.2. The van der Waals surface area contributed by atoms with Crippen molar-refractivity contribution in [2.45, 2.75) is 56.7 Å². The Labute approximate surface area is 203 Å². The van der Waals surface area contributed by atoms with Crippen LogP contribution in [0.1, 0.15) is 55.7 Å². The minimum Gasteiger partial charge on any atom is -0.326 e. The normalized spacial score (nSPS) is 28.4. The van der Waals surface area contributed by atoms with Crippen LogP contribution in [0.3, 0.4) is 0 Å². The molecule has 1 amide bonds. The summed E-state index contributed by atoms with van der Waals surface area (Å²) in [6.45, 7) is 1.91. The molecule has 5 rings (SSSR count). The van der Waals surface area contributed by atoms with Crippen LogP contribution in [0, 0.1) is 17.8 Å². The first-order valence-corrected chi connectivity index (χ1v) is 12.4. The van der Waals surface area contributed by atoms with Crippen molar-refractivity contribution >= 4 is 17.4 Å². The molecule has 1 unspecified atom stereocenters. The number of rotatable bonds is 7. The van der Waals surface area contributed by atoms with Gasteiger partial charge < -0.3 is 5.32 Å². The molecular formula is C27H30F3N3O2. The van der Waals surface area contributed by atoms with Gasteiger partial charge in [-0.05, 0) is 67.9 Å². The van der Waals surface area contributed by atoms with Gasteiger partial charge in [0, 0.05) is 61.4 Å². The Morgan fingerprint density at radius 1 is 0.971 bits per heavy atom. The van der Waals surface area contributed by atoms with E-state index in [1.807, 2.05) is 12.3 Å². The van der Waals surface area contributed by atoms with E-state index in [4.69, 9.17) is 0 Å². The molecule has 1 aromatic carbocycles. The zero-order valence-corrected chi connectivity index (χ0v) is 19.5. The van der Waals surface area contributed by atoms with Crippen LogP contribution >= 0.6 is 0 Å². The monoisotopic (exact) mass is 485 g/mol. The number of likely N-dealkylation sites (tertiary alicyclic amines) is 1. The SMILES string of the molecule is O=C(CCC(=O)C1[C@H]2CN(C3CCC(c4ccccn4)CC3)C[C@@H]12)Nc1cccc(C(F)(F)F)c1. The van der Waals surface area contributed by atoms with E-state index in [1.54, 1.807) is 0 Å². The smallest absolute Gasteiger partial charge is 0.326 e. The summed E-state index contributed by atoms with van der Waals surface area (Å²) in [5, 5.41) is 2.48. The summed E-state index contributed by atoms with van der Waals surface area (Å²) >= 11 is 0. The van der Waals surface area contributed by atoms with Gasteiger partial charge in [0.25, 0.3) is 0 Å². The Bertz CT molecular complexity index is 1050. The fraction of sp³-hybridized carbons (Fsp3) is 0.519. The molecule has 1 aliphatic heterocycles. The van der Waals surface area contributed by atoms with Gasteiger partial charge in [0.1, 0.15) is 5.78 Å². The molecule has 5 nitrogen and oxygen atoms in total. The molecule has 2 aliphatic carbocycles. The number of hydrogen-bond donors (Lipinski definition) is 1. The number of piperidine rings is 1. The maximum Gasteiger partial charge on any atom is 0.416 e. The Hall–Kier alpha value is -2.74. The highest BCUT2D eigenvalue weighted by Crippen LogP contribution is 2.54. The number of alkyl halides is 3. The quantitative estimate of drug-likeness (QED) is 0.579. The average molecular weight is 486 g/mol. The number of anilines is 1. The molecule has 35 heavy (non-hydrogen) atoms. The molecule has 3 fully saturated rings. The Balaban J connectivity index is 1.03. The second kappa shape index (κ2) is 9.72. The number of carbonyl (C=O) groups excluding carboxylic acids is 2. The van der Waals surface area contributed by atoms with Crippen LogP contribution in [0.2, 0.25) is 0 Å². The van der Waals surface area contributed by atoms with E-state index in [-0.39, 0.29) is 30.2 Å². The van der Waals surface area contributed by atoms with E-state index in [9.17, 15) is 22.8 Å². The number of Topliss-reactive ketones (excluding diaryl/α,β-unsaturated/α-hetero) is 1. The number of benzene rings is 1. The van der Waals surface area contributed by atoms with Crippen molar-refractivity contribution in [3.05, 3.63) is 59.9 Å². The number of hydrogen-bond acceptors (Lipinski definition) is 4. The van der Waals surface area contributed by atoms with Crippen LogP contribution in [-0.4, -0.2) is 40.7 Å². The van der Waals surface area contributed by atoms with Gasteiger partial charge in [-0.25, -0.2) is 0 Å². The molecule has 2 saturated carbocycles. The molecule has 0 radical (unpaired) electrons. The fourth-order valence-electron chi connectivity index (χ4n) is 6.09. The van der Waals surface area contributed by atoms with Crippen molar-refractivity contribution in [3.8, 4) is 0 Å². The van der Waals surface area contributed by atoms with Crippen molar-refractivity contribution in [2.75, 3.05) is 18.4 Å². The van der Waals surface area contributed by atoms with Gasteiger partial charge in [-0.2, -0.15) is 13.2 Å². The van der Waals surface area contributed by atoms with Gasteiger partial charge in [0.2, 0.25) is 5.91 Å². The van der Waals surface area contributed by atoms with Gasteiger partial charge in [-0.1, -0.05) is 12.1 Å². The molecule has 0 spiro atoms. The molecule has 3 aliphatic rings. The van der Waals surface area contributed by atoms with Gasteiger partial charge in [0.15, 0.2) is 0 Å². The molecule has 186 valence electrons. The van der Waals surface area contributed by atoms with Gasteiger partial charge in [0.05, 0.1) is 5.56 Å². The first-order valence-electron chi connectivity index (χ1n) is 12.4.